The number of imide groups is 1. The Balaban J connectivity index is 1.48. The molecular weight excluding hydrogens is 412 g/mol. The van der Waals surface area contributed by atoms with Crippen LogP contribution in [-0.2, 0) is 14.4 Å². The van der Waals surface area contributed by atoms with Crippen LogP contribution in [0.1, 0.15) is 17.2 Å². The summed E-state index contributed by atoms with van der Waals surface area (Å²) in [7, 11) is 0. The number of hydrogen-bond acceptors (Lipinski definition) is 4. The second-order valence-electron chi connectivity index (χ2n) is 8.52. The molecule has 0 N–H and O–H groups in total. The van der Waals surface area contributed by atoms with E-state index in [9.17, 15) is 9.59 Å². The highest BCUT2D eigenvalue weighted by Crippen LogP contribution is 2.48. The van der Waals surface area contributed by atoms with Gasteiger partial charge in [-0.2, -0.15) is 0 Å². The van der Waals surface area contributed by atoms with Crippen molar-refractivity contribution in [3.05, 3.63) is 108 Å². The van der Waals surface area contributed by atoms with E-state index in [-0.39, 0.29) is 11.8 Å². The predicted molar refractivity (Wildman–Crippen MR) is 128 cm³/mol. The number of benzene rings is 4. The summed E-state index contributed by atoms with van der Waals surface area (Å²) in [5, 5.41) is 3.59. The molecule has 2 amide bonds. The highest BCUT2D eigenvalue weighted by molar-refractivity contribution is 6.26. The summed E-state index contributed by atoms with van der Waals surface area (Å²) in [6.07, 6.45) is -0.874. The maximum absolute atomic E-state index is 13.9. The van der Waals surface area contributed by atoms with E-state index in [1.54, 1.807) is 5.06 Å². The van der Waals surface area contributed by atoms with Crippen molar-refractivity contribution in [3.63, 3.8) is 0 Å². The SMILES string of the molecule is Cc1ccccc1[C@H]1[C@H]2C(=O)N(c3cccc4ccccc34)C(=O)[C@H]2ON1c1ccccc1. The highest BCUT2D eigenvalue weighted by Gasteiger charge is 2.60. The average molecular weight is 434 g/mol. The molecule has 2 heterocycles. The zero-order valence-electron chi connectivity index (χ0n) is 18.1. The van der Waals surface area contributed by atoms with E-state index in [1.165, 1.54) is 4.90 Å². The monoisotopic (exact) mass is 434 g/mol. The molecule has 0 bridgehead atoms. The van der Waals surface area contributed by atoms with Crippen LogP contribution in [0, 0.1) is 12.8 Å². The molecule has 2 saturated heterocycles. The minimum Gasteiger partial charge on any atom is -0.273 e. The normalized spacial score (nSPS) is 22.3. The second kappa shape index (κ2) is 7.57. The van der Waals surface area contributed by atoms with Crippen LogP contribution < -0.4 is 9.96 Å². The topological polar surface area (TPSA) is 49.9 Å². The van der Waals surface area contributed by atoms with Crippen molar-refractivity contribution in [3.8, 4) is 0 Å². The summed E-state index contributed by atoms with van der Waals surface area (Å²) in [5.74, 6) is -1.19. The van der Waals surface area contributed by atoms with Gasteiger partial charge >= 0.3 is 0 Å². The Hall–Kier alpha value is -3.96. The van der Waals surface area contributed by atoms with Crippen LogP contribution in [0.2, 0.25) is 0 Å². The Kier molecular flexibility index (Phi) is 4.52. The first-order valence-corrected chi connectivity index (χ1v) is 11.1. The molecule has 4 aromatic carbocycles. The van der Waals surface area contributed by atoms with Crippen molar-refractivity contribution in [1.82, 2.24) is 0 Å². The van der Waals surface area contributed by atoms with E-state index < -0.39 is 18.1 Å². The van der Waals surface area contributed by atoms with E-state index in [2.05, 4.69) is 0 Å². The van der Waals surface area contributed by atoms with Gasteiger partial charge in [0.1, 0.15) is 5.92 Å². The Morgan fingerprint density at radius 3 is 2.24 bits per heavy atom. The Bertz CT molecular complexity index is 1380. The van der Waals surface area contributed by atoms with Crippen LogP contribution in [-0.4, -0.2) is 17.9 Å². The number of carbonyl (C=O) groups is 2. The van der Waals surface area contributed by atoms with E-state index in [1.807, 2.05) is 104 Å². The second-order valence-corrected chi connectivity index (χ2v) is 8.52. The van der Waals surface area contributed by atoms with Crippen molar-refractivity contribution in [2.24, 2.45) is 5.92 Å². The molecule has 0 spiro atoms. The summed E-state index contributed by atoms with van der Waals surface area (Å²) in [5.41, 5.74) is 3.46. The van der Waals surface area contributed by atoms with Gasteiger partial charge in [-0.25, -0.2) is 9.96 Å². The molecule has 0 saturated carbocycles. The lowest BCUT2D eigenvalue weighted by Crippen LogP contribution is -2.37. The highest BCUT2D eigenvalue weighted by atomic mass is 16.7. The zero-order valence-corrected chi connectivity index (χ0v) is 18.1. The van der Waals surface area contributed by atoms with E-state index in [4.69, 9.17) is 4.84 Å². The summed E-state index contributed by atoms with van der Waals surface area (Å²) in [4.78, 5) is 35.1. The molecule has 5 nitrogen and oxygen atoms in total. The van der Waals surface area contributed by atoms with Crippen LogP contribution in [0.4, 0.5) is 11.4 Å². The molecule has 33 heavy (non-hydrogen) atoms. The first-order valence-electron chi connectivity index (χ1n) is 11.1. The number of anilines is 2. The van der Waals surface area contributed by atoms with Crippen LogP contribution in [0.3, 0.4) is 0 Å². The molecular formula is C28H22N2O3. The van der Waals surface area contributed by atoms with Gasteiger partial charge in [-0.05, 0) is 41.6 Å². The van der Waals surface area contributed by atoms with Crippen molar-refractivity contribution in [2.45, 2.75) is 19.1 Å². The Labute approximate surface area is 191 Å². The third kappa shape index (κ3) is 2.97. The molecule has 0 aliphatic carbocycles. The van der Waals surface area contributed by atoms with E-state index >= 15 is 0 Å². The Morgan fingerprint density at radius 1 is 0.727 bits per heavy atom. The zero-order chi connectivity index (χ0) is 22.5. The first-order chi connectivity index (χ1) is 16.1. The summed E-state index contributed by atoms with van der Waals surface area (Å²) < 4.78 is 0. The molecule has 2 fully saturated rings. The first kappa shape index (κ1) is 19.7. The lowest BCUT2D eigenvalue weighted by Gasteiger charge is -2.29. The summed E-state index contributed by atoms with van der Waals surface area (Å²) in [6.45, 7) is 2.02. The molecule has 0 unspecified atom stereocenters. The van der Waals surface area contributed by atoms with Gasteiger partial charge in [0, 0.05) is 5.39 Å². The van der Waals surface area contributed by atoms with Crippen LogP contribution in [0.25, 0.3) is 10.8 Å². The lowest BCUT2D eigenvalue weighted by atomic mass is 9.88. The number of amides is 2. The summed E-state index contributed by atoms with van der Waals surface area (Å²) >= 11 is 0. The molecule has 162 valence electrons. The number of para-hydroxylation sites is 1. The van der Waals surface area contributed by atoms with Crippen LogP contribution >= 0.6 is 0 Å². The number of hydroxylamine groups is 1. The van der Waals surface area contributed by atoms with Crippen molar-refractivity contribution >= 4 is 34.0 Å². The number of carbonyl (C=O) groups excluding carboxylic acids is 2. The molecule has 0 radical (unpaired) electrons. The van der Waals surface area contributed by atoms with Gasteiger partial charge in [-0.15, -0.1) is 0 Å². The van der Waals surface area contributed by atoms with Gasteiger partial charge in [0.15, 0.2) is 6.10 Å². The molecule has 6 rings (SSSR count). The van der Waals surface area contributed by atoms with E-state index in [0.29, 0.717) is 5.69 Å². The van der Waals surface area contributed by atoms with Gasteiger partial charge in [-0.1, -0.05) is 78.9 Å². The average Bonchev–Trinajstić information content (AvgIpc) is 3.35. The number of fused-ring (bicyclic) bond motifs is 2. The molecule has 2 aliphatic rings. The number of rotatable bonds is 3. The van der Waals surface area contributed by atoms with Crippen LogP contribution in [0.5, 0.6) is 0 Å². The molecule has 5 heteroatoms. The third-order valence-corrected chi connectivity index (χ3v) is 6.64. The molecule has 4 aromatic rings. The summed E-state index contributed by atoms with van der Waals surface area (Å²) in [6, 6.07) is 30.7. The van der Waals surface area contributed by atoms with Gasteiger partial charge in [0.25, 0.3) is 5.91 Å². The van der Waals surface area contributed by atoms with Gasteiger partial charge in [0.2, 0.25) is 5.91 Å². The standard InChI is InChI=1S/C28H22N2O3/c1-18-10-5-7-15-21(18)25-24-26(33-30(25)20-13-3-2-4-14-20)28(32)29(27(24)31)23-17-9-12-19-11-6-8-16-22(19)23/h2-17,24-26H,1H3/t24-,25+,26+/m1/s1. The molecule has 2 aliphatic heterocycles. The Morgan fingerprint density at radius 2 is 1.42 bits per heavy atom. The fourth-order valence-electron chi connectivity index (χ4n) is 5.09. The maximum atomic E-state index is 13.9. The maximum Gasteiger partial charge on any atom is 0.266 e. The number of nitrogens with zero attached hydrogens (tertiary/aromatic N) is 2. The minimum atomic E-state index is -0.874. The fourth-order valence-corrected chi connectivity index (χ4v) is 5.09. The predicted octanol–water partition coefficient (Wildman–Crippen LogP) is 5.20. The molecule has 3 atom stereocenters. The minimum absolute atomic E-state index is 0.229. The number of aryl methyl sites for hydroxylation is 1. The largest absolute Gasteiger partial charge is 0.273 e. The van der Waals surface area contributed by atoms with Gasteiger partial charge < -0.3 is 0 Å². The van der Waals surface area contributed by atoms with Crippen molar-refractivity contribution in [2.75, 3.05) is 9.96 Å². The molecule has 0 aromatic heterocycles. The van der Waals surface area contributed by atoms with Gasteiger partial charge in [0.05, 0.1) is 17.4 Å². The smallest absolute Gasteiger partial charge is 0.266 e. The van der Waals surface area contributed by atoms with E-state index in [0.717, 1.165) is 27.6 Å². The van der Waals surface area contributed by atoms with Gasteiger partial charge in [-0.3, -0.25) is 14.4 Å². The van der Waals surface area contributed by atoms with Crippen molar-refractivity contribution in [1.29, 1.82) is 0 Å². The quantitative estimate of drug-likeness (QED) is 0.416. The van der Waals surface area contributed by atoms with Crippen LogP contribution in [0.15, 0.2) is 97.1 Å². The number of hydrogen-bond donors (Lipinski definition) is 0. The third-order valence-electron chi connectivity index (χ3n) is 6.64. The lowest BCUT2D eigenvalue weighted by molar-refractivity contribution is -0.126. The van der Waals surface area contributed by atoms with Crippen molar-refractivity contribution < 1.29 is 14.4 Å². The fraction of sp³-hybridized carbons (Fsp3) is 0.143.